The van der Waals surface area contributed by atoms with Crippen LogP contribution in [-0.4, -0.2) is 106 Å². The van der Waals surface area contributed by atoms with Crippen molar-refractivity contribution < 1.29 is 28.8 Å². The summed E-state index contributed by atoms with van der Waals surface area (Å²) in [6.07, 6.45) is 0. The maximum Gasteiger partial charge on any atom is 0.205 e. The number of aryl methyl sites for hydroxylation is 1. The largest absolute Gasteiger partial charge is 0.326 e. The third-order valence-corrected chi connectivity index (χ3v) is 20.4. The molecule has 684 valence electrons. The lowest BCUT2D eigenvalue weighted by Gasteiger charge is -2.07. The second-order valence-electron chi connectivity index (χ2n) is 32.4. The van der Waals surface area contributed by atoms with E-state index in [9.17, 15) is 28.8 Å². The number of nitrogens with one attached hydrogen (secondary N) is 12. The van der Waals surface area contributed by atoms with E-state index >= 15 is 0 Å². The smallest absolute Gasteiger partial charge is 0.205 e. The fourth-order valence-corrected chi connectivity index (χ4v) is 13.5. The highest BCUT2D eigenvalue weighted by molar-refractivity contribution is 9.09. The number of fused-ring (bicyclic) bond motifs is 6. The summed E-state index contributed by atoms with van der Waals surface area (Å²) in [5.74, 6) is 8.70. The van der Waals surface area contributed by atoms with Gasteiger partial charge in [0.15, 0.2) is 34.7 Å². The zero-order valence-electron chi connectivity index (χ0n) is 78.0. The minimum atomic E-state index is -0.00792. The van der Waals surface area contributed by atoms with Gasteiger partial charge in [-0.1, -0.05) is 226 Å². The molecule has 12 aromatic carbocycles. The Balaban J connectivity index is 0.000000163. The Bertz CT molecular complexity index is 6220. The second-order valence-corrected chi connectivity index (χ2v) is 32.4. The highest BCUT2D eigenvalue weighted by Gasteiger charge is 2.18. The van der Waals surface area contributed by atoms with Crippen molar-refractivity contribution in [3.63, 3.8) is 0 Å². The van der Waals surface area contributed by atoms with Crippen molar-refractivity contribution >= 4 is 203 Å². The molecule has 0 aliphatic carbocycles. The number of hydrogen-bond acceptors (Lipinski definition) is 18. The number of carbonyl (C=O) groups is 6. The van der Waals surface area contributed by atoms with Gasteiger partial charge in [0.05, 0.1) is 66.2 Å². The molecule has 0 aliphatic heterocycles. The van der Waals surface area contributed by atoms with E-state index in [-0.39, 0.29) is 70.2 Å². The predicted octanol–water partition coefficient (Wildman–Crippen LogP) is 28.2. The number of rotatable bonds is 24. The van der Waals surface area contributed by atoms with Crippen molar-refractivity contribution in [3.05, 3.63) is 324 Å². The molecular weight excluding hydrogens is 1790 g/mol. The Morgan fingerprint density at radius 2 is 0.421 bits per heavy atom. The molecule has 12 N–H and O–H groups in total. The molecule has 0 atom stereocenters. The summed E-state index contributed by atoms with van der Waals surface area (Å²) in [5.41, 5.74) is 22.3. The summed E-state index contributed by atoms with van der Waals surface area (Å²) >= 11 is 5.88. The summed E-state index contributed by atoms with van der Waals surface area (Å²) in [6, 6.07) is 90.2. The van der Waals surface area contributed by atoms with Crippen LogP contribution in [0, 0.1) is 42.4 Å². The molecule has 133 heavy (non-hydrogen) atoms. The summed E-state index contributed by atoms with van der Waals surface area (Å²) in [7, 11) is 0. The fourth-order valence-electron chi connectivity index (χ4n) is 13.5. The number of hydrogen-bond donors (Lipinski definition) is 12. The molecule has 6 aromatic heterocycles. The first kappa shape index (κ1) is 100. The Kier molecular flexibility index (Phi) is 37.2. The molecule has 0 radical (unpaired) electrons. The van der Waals surface area contributed by atoms with Gasteiger partial charge in [-0.25, -0.2) is 29.9 Å². The number of alkyl halides is 2. The normalized spacial score (nSPS) is 10.7. The van der Waals surface area contributed by atoms with Crippen molar-refractivity contribution in [3.8, 4) is 0 Å². The lowest BCUT2D eigenvalue weighted by atomic mass is 10.0. The van der Waals surface area contributed by atoms with E-state index in [1.165, 1.54) is 0 Å². The van der Waals surface area contributed by atoms with Crippen LogP contribution >= 0.6 is 31.9 Å². The van der Waals surface area contributed by atoms with Gasteiger partial charge in [0.2, 0.25) is 35.7 Å². The first-order valence-corrected chi connectivity index (χ1v) is 47.3. The van der Waals surface area contributed by atoms with Gasteiger partial charge in [-0.15, -0.1) is 0 Å². The first-order chi connectivity index (χ1) is 64.2. The van der Waals surface area contributed by atoms with E-state index in [1.807, 2.05) is 401 Å². The molecule has 0 aliphatic rings. The van der Waals surface area contributed by atoms with Gasteiger partial charge in [0.1, 0.15) is 0 Å². The Morgan fingerprint density at radius 3 is 0.647 bits per heavy atom. The molecule has 24 nitrogen and oxygen atoms in total. The number of nitrogens with zero attached hydrogens (tertiary/aromatic N) is 6. The number of carbonyl (C=O) groups excluding carboxylic acids is 6. The molecule has 0 saturated heterocycles. The molecule has 0 spiro atoms. The topological polar surface area (TPSA) is 347 Å². The number of halogens is 2. The second kappa shape index (κ2) is 49.3. The zero-order chi connectivity index (χ0) is 95.8. The van der Waals surface area contributed by atoms with E-state index in [4.69, 9.17) is 0 Å². The summed E-state index contributed by atoms with van der Waals surface area (Å²) < 4.78 is 0. The van der Waals surface area contributed by atoms with E-state index in [2.05, 4.69) is 124 Å². The molecule has 18 rings (SSSR count). The SMILES string of the molecule is CBr.CBr.CC.CC(C)C(=O)c1ccc(Nc2nc3ccccc3[nH]2)cc1.CC(C)C(=O)c1ccc(Nc2nc3ccccc3[nH]2)cc1.CC(C)C(=O)c1ccc(Nc2nc3ccccc3[nH]2)cc1.CC(C)C(=O)c1cccc(Nc2nc3ccccc3[nH]2)c1.CC(C)C(=O)c1cccc(Nc2nc3ccccc3[nH]2)c1.Cc1cccc2[nH]c(Nc3ccc(C(=O)C(C)C)cc3)nc12. The van der Waals surface area contributed by atoms with Gasteiger partial charge in [0.25, 0.3) is 0 Å². The minimum Gasteiger partial charge on any atom is -0.326 e. The maximum absolute atomic E-state index is 12.0. The molecule has 0 unspecified atom stereocenters. The number of ketones is 6. The standard InChI is InChI=1S/C18H19N3O.5C17H17N3O.C2H6.2CH3Br/c1-11(2)17(22)13-7-9-14(10-8-13)19-18-20-15-6-4-5-12(3)16(15)21-18;2*1-11(2)16(21)12-6-5-7-13(10-12)18-17-19-14-8-3-4-9-15(14)20-17;3*1-11(2)16(21)12-7-9-13(10-8-12)18-17-19-14-5-3-4-6-15(14)20-17;3*1-2/h4-11H,1-3H3,(H2,19,20,21);5*3-11H,1-2H3,(H2,18,19,20);1-2H3;2*1H3. The predicted molar refractivity (Wildman–Crippen MR) is 556 cm³/mol. The molecule has 0 bridgehead atoms. The Morgan fingerprint density at radius 1 is 0.226 bits per heavy atom. The van der Waals surface area contributed by atoms with E-state index < -0.39 is 0 Å². The number of H-pyrrole nitrogens is 6. The van der Waals surface area contributed by atoms with Gasteiger partial charge >= 0.3 is 0 Å². The van der Waals surface area contributed by atoms with Gasteiger partial charge < -0.3 is 61.8 Å². The van der Waals surface area contributed by atoms with Crippen molar-refractivity contribution in [2.24, 2.45) is 35.5 Å². The molecule has 0 amide bonds. The quantitative estimate of drug-likeness (QED) is 0.0197. The van der Waals surface area contributed by atoms with Crippen LogP contribution in [0.4, 0.5) is 69.8 Å². The monoisotopic (exact) mass is 1910 g/mol. The van der Waals surface area contributed by atoms with Crippen LogP contribution in [0.15, 0.2) is 285 Å². The molecule has 0 saturated carbocycles. The number of Topliss-reactive ketones (excluding diaryl/α,β-unsaturated/α-hetero) is 6. The van der Waals surface area contributed by atoms with E-state index in [0.29, 0.717) is 46.8 Å². The summed E-state index contributed by atoms with van der Waals surface area (Å²) in [4.78, 5) is 118. The Labute approximate surface area is 792 Å². The number of imidazole rings is 6. The number of benzene rings is 12. The van der Waals surface area contributed by atoms with E-state index in [1.54, 1.807) is 0 Å². The van der Waals surface area contributed by atoms with Crippen LogP contribution < -0.4 is 31.9 Å². The lowest BCUT2D eigenvalue weighted by molar-refractivity contribution is 0.0932. The van der Waals surface area contributed by atoms with Gasteiger partial charge in [-0.05, 0) is 212 Å². The van der Waals surface area contributed by atoms with Gasteiger partial charge in [-0.3, -0.25) is 28.8 Å². The number of para-hydroxylation sites is 11. The van der Waals surface area contributed by atoms with Crippen LogP contribution in [0.2, 0.25) is 0 Å². The third kappa shape index (κ3) is 28.4. The zero-order valence-corrected chi connectivity index (χ0v) is 81.2. The van der Waals surface area contributed by atoms with Gasteiger partial charge in [0, 0.05) is 103 Å². The molecule has 18 aromatic rings. The average Bonchev–Trinajstić information content (AvgIpc) is 1.70. The van der Waals surface area contributed by atoms with Crippen molar-refractivity contribution in [1.82, 2.24) is 59.8 Å². The molecule has 26 heteroatoms. The summed E-state index contributed by atoms with van der Waals surface area (Å²) in [6.45, 7) is 28.9. The lowest BCUT2D eigenvalue weighted by Crippen LogP contribution is -2.07. The van der Waals surface area contributed by atoms with Crippen LogP contribution in [-0.2, 0) is 0 Å². The highest BCUT2D eigenvalue weighted by Crippen LogP contribution is 2.29. The van der Waals surface area contributed by atoms with E-state index in [0.717, 1.165) is 128 Å². The Hall–Kier alpha value is -14.8. The van der Waals surface area contributed by atoms with Gasteiger partial charge in [-0.2, -0.15) is 0 Å². The average molecular weight is 1910 g/mol. The molecular formula is C107H116Br2N18O6. The number of aromatic nitrogens is 12. The van der Waals surface area contributed by atoms with Crippen LogP contribution in [0.5, 0.6) is 0 Å². The minimum absolute atomic E-state index is 0.00792. The van der Waals surface area contributed by atoms with Crippen LogP contribution in [0.1, 0.15) is 165 Å². The molecule has 0 fully saturated rings. The fraction of sp³-hybridized carbons (Fsp3) is 0.215. The molecule has 6 heterocycles. The maximum atomic E-state index is 12.0. The van der Waals surface area contributed by atoms with Crippen molar-refractivity contribution in [1.29, 1.82) is 0 Å². The number of anilines is 12. The highest BCUT2D eigenvalue weighted by atomic mass is 79.9. The summed E-state index contributed by atoms with van der Waals surface area (Å²) in [5, 5.41) is 19.3. The van der Waals surface area contributed by atoms with Crippen molar-refractivity contribution in [2.75, 3.05) is 43.6 Å². The van der Waals surface area contributed by atoms with Crippen LogP contribution in [0.3, 0.4) is 0 Å². The van der Waals surface area contributed by atoms with Crippen molar-refractivity contribution in [2.45, 2.75) is 104 Å². The first-order valence-electron chi connectivity index (χ1n) is 44.1. The third-order valence-electron chi connectivity index (χ3n) is 20.4. The number of aromatic amines is 6. The van der Waals surface area contributed by atoms with Crippen LogP contribution in [0.25, 0.3) is 66.2 Å².